The molecule has 0 radical (unpaired) electrons. The summed E-state index contributed by atoms with van der Waals surface area (Å²) >= 11 is 0. The van der Waals surface area contributed by atoms with Gasteiger partial charge in [0.25, 0.3) is 0 Å². The molecule has 0 aliphatic rings. The van der Waals surface area contributed by atoms with E-state index in [0.717, 1.165) is 17.2 Å². The summed E-state index contributed by atoms with van der Waals surface area (Å²) in [6.07, 6.45) is 8.07. The van der Waals surface area contributed by atoms with Crippen molar-refractivity contribution in [1.29, 1.82) is 0 Å². The zero-order chi connectivity index (χ0) is 20.1. The molecule has 1 heterocycles. The highest BCUT2D eigenvalue weighted by molar-refractivity contribution is 8.13. The van der Waals surface area contributed by atoms with E-state index in [1.807, 2.05) is 12.3 Å². The van der Waals surface area contributed by atoms with Crippen molar-refractivity contribution >= 4 is 32.5 Å². The third-order valence-corrected chi connectivity index (χ3v) is 4.97. The predicted molar refractivity (Wildman–Crippen MR) is 81.1 cm³/mol. The number of aryl methyl sites for hydroxylation is 1. The van der Waals surface area contributed by atoms with Gasteiger partial charge in [0.05, 0.1) is 6.54 Å². The molecule has 0 saturated carbocycles. The summed E-state index contributed by atoms with van der Waals surface area (Å²) in [6.45, 7) is 7.71. The van der Waals surface area contributed by atoms with Crippen LogP contribution in [0.25, 0.3) is 4.13 Å². The minimum atomic E-state index is -6.72. The third-order valence-electron chi connectivity index (χ3n) is 2.23. The van der Waals surface area contributed by atoms with E-state index in [1.165, 1.54) is 0 Å². The molecule has 0 fully saturated rings. The average molecular weight is 454 g/mol. The van der Waals surface area contributed by atoms with Gasteiger partial charge in [-0.3, -0.25) is 0 Å². The molecule has 0 saturated heterocycles. The van der Waals surface area contributed by atoms with Crippen molar-refractivity contribution in [1.82, 2.24) is 4.57 Å². The van der Waals surface area contributed by atoms with E-state index in [9.17, 15) is 43.2 Å². The van der Waals surface area contributed by atoms with Crippen LogP contribution in [0.4, 0.5) is 26.3 Å². The van der Waals surface area contributed by atoms with Crippen LogP contribution in [0.3, 0.4) is 0 Å². The van der Waals surface area contributed by atoms with E-state index >= 15 is 0 Å². The van der Waals surface area contributed by atoms with Gasteiger partial charge in [-0.15, -0.1) is 12.4 Å². The molecule has 0 N–H and O–H groups in total. The van der Waals surface area contributed by atoms with Crippen molar-refractivity contribution in [2.75, 3.05) is 0 Å². The predicted octanol–water partition coefficient (Wildman–Crippen LogP) is 2.46. The van der Waals surface area contributed by atoms with Crippen LogP contribution in [0.2, 0.25) is 0 Å². The fourth-order valence-electron chi connectivity index (χ4n) is 1.10. The van der Waals surface area contributed by atoms with Crippen LogP contribution in [0.15, 0.2) is 31.4 Å². The molecule has 26 heavy (non-hydrogen) atoms. The topological polar surface area (TPSA) is 91.2 Å². The SMILES string of the molecule is C=CC[n+]1ccn(CC)c1.Cl.O=S(=O)([N-]S(=O)(=O)C(F)(F)F)C(F)(F)F. The molecule has 0 atom stereocenters. The van der Waals surface area contributed by atoms with Gasteiger partial charge in [-0.25, -0.2) is 26.0 Å². The smallest absolute Gasteiger partial charge is 0.421 e. The first-order valence-corrected chi connectivity index (χ1v) is 8.98. The molecule has 0 spiro atoms. The first-order chi connectivity index (χ1) is 11.1. The molecule has 1 aromatic heterocycles. The summed E-state index contributed by atoms with van der Waals surface area (Å²) in [5, 5.41) is 0. The van der Waals surface area contributed by atoms with Crippen LogP contribution < -0.4 is 4.57 Å². The molecule has 154 valence electrons. The number of rotatable bonds is 5. The highest BCUT2D eigenvalue weighted by Gasteiger charge is 2.46. The quantitative estimate of drug-likeness (QED) is 0.389. The van der Waals surface area contributed by atoms with Gasteiger partial charge < -0.3 is 4.13 Å². The number of allylic oxidation sites excluding steroid dienone is 1. The summed E-state index contributed by atoms with van der Waals surface area (Å²) in [7, 11) is -13.4. The van der Waals surface area contributed by atoms with E-state index < -0.39 is 31.1 Å². The molecule has 1 rings (SSSR count). The Morgan fingerprint density at radius 2 is 1.50 bits per heavy atom. The first-order valence-electron chi connectivity index (χ1n) is 6.10. The fraction of sp³-hybridized carbons (Fsp3) is 0.500. The van der Waals surface area contributed by atoms with Crippen molar-refractivity contribution in [3.05, 3.63) is 35.5 Å². The van der Waals surface area contributed by atoms with Gasteiger partial charge in [-0.1, -0.05) is 12.7 Å². The van der Waals surface area contributed by atoms with Crippen LogP contribution >= 0.6 is 12.4 Å². The van der Waals surface area contributed by atoms with Gasteiger partial charge in [0, 0.05) is 0 Å². The molecule has 0 aromatic carbocycles. The molecule has 16 heteroatoms. The van der Waals surface area contributed by atoms with E-state index in [0.29, 0.717) is 0 Å². The molecule has 0 aliphatic carbocycles. The molecular formula is C10H14ClF6N3O4S2. The second-order valence-electron chi connectivity index (χ2n) is 4.15. The zero-order valence-electron chi connectivity index (χ0n) is 12.9. The lowest BCUT2D eigenvalue weighted by Gasteiger charge is -2.22. The maximum Gasteiger partial charge on any atom is 0.480 e. The molecule has 0 aliphatic heterocycles. The lowest BCUT2D eigenvalue weighted by molar-refractivity contribution is -0.686. The van der Waals surface area contributed by atoms with Crippen LogP contribution in [0.1, 0.15) is 6.92 Å². The summed E-state index contributed by atoms with van der Waals surface area (Å²) in [5.74, 6) is 0. The lowest BCUT2D eigenvalue weighted by Crippen LogP contribution is -2.30. The molecule has 0 bridgehead atoms. The zero-order valence-corrected chi connectivity index (χ0v) is 15.3. The number of alkyl halides is 6. The van der Waals surface area contributed by atoms with Crippen molar-refractivity contribution < 1.29 is 47.7 Å². The summed E-state index contributed by atoms with van der Waals surface area (Å²) in [5.41, 5.74) is -12.4. The van der Waals surface area contributed by atoms with E-state index in [1.54, 1.807) is 0 Å². The first kappa shape index (κ1) is 26.9. The Kier molecular flexibility index (Phi) is 9.90. The Bertz CT molecular complexity index is 744. The number of nitrogens with zero attached hydrogens (tertiary/aromatic N) is 3. The Balaban J connectivity index is 0. The van der Waals surface area contributed by atoms with Crippen molar-refractivity contribution in [2.45, 2.75) is 31.0 Å². The van der Waals surface area contributed by atoms with E-state index in [-0.39, 0.29) is 12.4 Å². The minimum Gasteiger partial charge on any atom is -0.421 e. The Labute approximate surface area is 151 Å². The van der Waals surface area contributed by atoms with Crippen LogP contribution in [-0.4, -0.2) is 32.4 Å². The van der Waals surface area contributed by atoms with Crippen molar-refractivity contribution in [3.63, 3.8) is 0 Å². The van der Waals surface area contributed by atoms with Gasteiger partial charge in [0.15, 0.2) is 20.0 Å². The Hall–Kier alpha value is -1.32. The largest absolute Gasteiger partial charge is 0.480 e. The highest BCUT2D eigenvalue weighted by atomic mass is 35.5. The van der Waals surface area contributed by atoms with Crippen molar-refractivity contribution in [2.24, 2.45) is 0 Å². The monoisotopic (exact) mass is 453 g/mol. The number of aromatic nitrogens is 2. The van der Waals surface area contributed by atoms with E-state index in [2.05, 4.69) is 35.2 Å². The lowest BCUT2D eigenvalue weighted by atomic mass is 10.6. The van der Waals surface area contributed by atoms with Gasteiger partial charge in [0.2, 0.25) is 6.33 Å². The minimum absolute atomic E-state index is 0. The summed E-state index contributed by atoms with van der Waals surface area (Å²) in [4.78, 5) is 0. The van der Waals surface area contributed by atoms with Gasteiger partial charge >= 0.3 is 11.0 Å². The average Bonchev–Trinajstić information content (AvgIpc) is 2.84. The normalized spacial score (nSPS) is 12.6. The second kappa shape index (κ2) is 9.57. The van der Waals surface area contributed by atoms with Crippen LogP contribution in [-0.2, 0) is 33.1 Å². The molecule has 0 unspecified atom stereocenters. The fourth-order valence-corrected chi connectivity index (χ4v) is 2.81. The summed E-state index contributed by atoms with van der Waals surface area (Å²) in [6, 6.07) is 0. The van der Waals surface area contributed by atoms with Crippen molar-refractivity contribution in [3.8, 4) is 0 Å². The van der Waals surface area contributed by atoms with Gasteiger partial charge in [0.1, 0.15) is 18.9 Å². The molecule has 7 nitrogen and oxygen atoms in total. The number of hydrogen-bond donors (Lipinski definition) is 0. The van der Waals surface area contributed by atoms with E-state index in [4.69, 9.17) is 0 Å². The molecular weight excluding hydrogens is 440 g/mol. The Morgan fingerprint density at radius 3 is 1.77 bits per heavy atom. The van der Waals surface area contributed by atoms with Gasteiger partial charge in [-0.05, 0) is 6.92 Å². The number of imidazole rings is 1. The standard InChI is InChI=1S/C8H13N2.C2F6NO4S2.ClH/c1-3-5-10-7-6-9(4-2)8-10;3-1(4,5)14(10,11)9-15(12,13)2(6,7)8;/h3,6-8H,1,4-5H2,2H3;;1H/q+1;-1;. The maximum atomic E-state index is 11.4. The number of hydrogen-bond acceptors (Lipinski definition) is 4. The third kappa shape index (κ3) is 7.92. The maximum absolute atomic E-state index is 11.4. The highest BCUT2D eigenvalue weighted by Crippen LogP contribution is 2.36. The van der Waals surface area contributed by atoms with Gasteiger partial charge in [-0.2, -0.15) is 26.3 Å². The molecule has 0 amide bonds. The second-order valence-corrected chi connectivity index (χ2v) is 7.57. The Morgan fingerprint density at radius 1 is 1.08 bits per heavy atom. The number of halogens is 7. The number of sulfonamides is 2. The van der Waals surface area contributed by atoms with Crippen LogP contribution in [0, 0.1) is 0 Å². The molecule has 1 aromatic rings. The van der Waals surface area contributed by atoms with Crippen LogP contribution in [0.5, 0.6) is 0 Å². The summed E-state index contributed by atoms with van der Waals surface area (Å²) < 4.78 is 113.